The molecule has 0 saturated heterocycles. The second-order valence-corrected chi connectivity index (χ2v) is 5.91. The van der Waals surface area contributed by atoms with Gasteiger partial charge in [-0.2, -0.15) is 10.5 Å². The van der Waals surface area contributed by atoms with E-state index in [4.69, 9.17) is 0 Å². The van der Waals surface area contributed by atoms with E-state index in [0.717, 1.165) is 17.1 Å². The van der Waals surface area contributed by atoms with Crippen molar-refractivity contribution in [3.8, 4) is 0 Å². The number of hydrogen-bond acceptors (Lipinski definition) is 3. The lowest BCUT2D eigenvalue weighted by atomic mass is 10.2. The fraction of sp³-hybridized carbons (Fsp3) is 0.308. The standard InChI is InChI=1S/C13H14O3S/c1-16-13(15)12-11(14)7-8-17(12)9-10-5-3-2-4-6-10/h2-6H,7-9H2,1H3. The minimum atomic E-state index is -0.452. The lowest BCUT2D eigenvalue weighted by molar-refractivity contribution is -0.133. The molecule has 0 fully saturated rings. The van der Waals surface area contributed by atoms with Gasteiger partial charge in [0.2, 0.25) is 0 Å². The van der Waals surface area contributed by atoms with E-state index in [9.17, 15) is 9.59 Å². The molecule has 1 heterocycles. The first-order valence-corrected chi connectivity index (χ1v) is 6.98. The predicted octanol–water partition coefficient (Wildman–Crippen LogP) is 1.77. The summed E-state index contributed by atoms with van der Waals surface area (Å²) in [6.07, 6.45) is 0.473. The maximum Gasteiger partial charge on any atom is 0.347 e. The van der Waals surface area contributed by atoms with E-state index >= 15 is 0 Å². The Morgan fingerprint density at radius 2 is 2.06 bits per heavy atom. The summed E-state index contributed by atoms with van der Waals surface area (Å²) in [4.78, 5) is 23.6. The Balaban J connectivity index is 2.27. The molecular formula is C13H14O3S. The maximum absolute atomic E-state index is 11.6. The zero-order chi connectivity index (χ0) is 12.3. The van der Waals surface area contributed by atoms with Gasteiger partial charge >= 0.3 is 5.97 Å². The van der Waals surface area contributed by atoms with Crippen LogP contribution < -0.4 is 0 Å². The van der Waals surface area contributed by atoms with Crippen molar-refractivity contribution in [3.63, 3.8) is 0 Å². The lowest BCUT2D eigenvalue weighted by Gasteiger charge is -2.06. The molecule has 0 aromatic heterocycles. The second-order valence-electron chi connectivity index (χ2n) is 3.82. The molecule has 0 aliphatic carbocycles. The molecular weight excluding hydrogens is 236 g/mol. The van der Waals surface area contributed by atoms with Crippen molar-refractivity contribution in [2.45, 2.75) is 12.2 Å². The fourth-order valence-corrected chi connectivity index (χ4v) is 4.10. The van der Waals surface area contributed by atoms with Crippen LogP contribution in [0, 0.1) is 0 Å². The molecule has 0 spiro atoms. The molecule has 0 radical (unpaired) electrons. The van der Waals surface area contributed by atoms with Crippen LogP contribution in [0.3, 0.4) is 0 Å². The van der Waals surface area contributed by atoms with E-state index in [1.807, 2.05) is 30.3 Å². The van der Waals surface area contributed by atoms with Gasteiger partial charge in [0.25, 0.3) is 0 Å². The summed E-state index contributed by atoms with van der Waals surface area (Å²) in [5, 5.41) is 0. The summed E-state index contributed by atoms with van der Waals surface area (Å²) in [6, 6.07) is 9.93. The van der Waals surface area contributed by atoms with Gasteiger partial charge in [-0.25, -0.2) is 4.79 Å². The van der Waals surface area contributed by atoms with Crippen LogP contribution in [0.15, 0.2) is 30.3 Å². The number of benzene rings is 1. The summed E-state index contributed by atoms with van der Waals surface area (Å²) in [5.74, 6) is 1.04. The number of esters is 1. The third-order valence-corrected chi connectivity index (χ3v) is 5.02. The molecule has 90 valence electrons. The van der Waals surface area contributed by atoms with Crippen LogP contribution >= 0.6 is 10.5 Å². The van der Waals surface area contributed by atoms with Crippen molar-refractivity contribution >= 4 is 27.1 Å². The van der Waals surface area contributed by atoms with Crippen molar-refractivity contribution in [2.75, 3.05) is 12.9 Å². The number of rotatable bonds is 3. The van der Waals surface area contributed by atoms with Crippen molar-refractivity contribution in [2.24, 2.45) is 0 Å². The monoisotopic (exact) mass is 250 g/mol. The zero-order valence-corrected chi connectivity index (χ0v) is 10.5. The topological polar surface area (TPSA) is 43.4 Å². The third-order valence-electron chi connectivity index (χ3n) is 2.67. The number of ketones is 1. The Bertz CT molecular complexity index is 477. The molecule has 1 atom stereocenters. The number of ether oxygens (including phenoxy) is 1. The average Bonchev–Trinajstić information content (AvgIpc) is 2.71. The van der Waals surface area contributed by atoms with Gasteiger partial charge in [0.05, 0.1) is 7.11 Å². The molecule has 0 saturated carbocycles. The summed E-state index contributed by atoms with van der Waals surface area (Å²) >= 11 is 0. The molecule has 0 amide bonds. The molecule has 1 aliphatic heterocycles. The van der Waals surface area contributed by atoms with Gasteiger partial charge in [-0.1, -0.05) is 30.3 Å². The maximum atomic E-state index is 11.6. The smallest absolute Gasteiger partial charge is 0.347 e. The number of hydrogen-bond donors (Lipinski definition) is 0. The molecule has 3 nitrogen and oxygen atoms in total. The Morgan fingerprint density at radius 3 is 2.71 bits per heavy atom. The summed E-state index contributed by atoms with van der Waals surface area (Å²) < 4.78 is 4.68. The quantitative estimate of drug-likeness (QED) is 0.606. The molecule has 0 N–H and O–H groups in total. The van der Waals surface area contributed by atoms with Gasteiger partial charge in [-0.3, -0.25) is 4.79 Å². The first-order chi connectivity index (χ1) is 8.22. The molecule has 0 bridgehead atoms. The number of methoxy groups -OCH3 is 1. The van der Waals surface area contributed by atoms with Crippen LogP contribution in [0.4, 0.5) is 0 Å². The third kappa shape index (κ3) is 2.64. The van der Waals surface area contributed by atoms with Gasteiger partial charge in [0.1, 0.15) is 4.86 Å². The van der Waals surface area contributed by atoms with Gasteiger partial charge in [-0.05, 0) is 11.3 Å². The highest BCUT2D eigenvalue weighted by Crippen LogP contribution is 2.29. The lowest BCUT2D eigenvalue weighted by Crippen LogP contribution is -2.21. The minimum Gasteiger partial charge on any atom is -0.465 e. The van der Waals surface area contributed by atoms with Gasteiger partial charge in [-0.15, -0.1) is 0 Å². The molecule has 1 unspecified atom stereocenters. The molecule has 17 heavy (non-hydrogen) atoms. The van der Waals surface area contributed by atoms with Crippen molar-refractivity contribution < 1.29 is 14.3 Å². The van der Waals surface area contributed by atoms with E-state index in [-0.39, 0.29) is 16.3 Å². The Hall–Kier alpha value is -1.42. The van der Waals surface area contributed by atoms with E-state index in [2.05, 4.69) is 4.74 Å². The first kappa shape index (κ1) is 12.0. The first-order valence-electron chi connectivity index (χ1n) is 5.42. The summed E-state index contributed by atoms with van der Waals surface area (Å²) in [5.41, 5.74) is 1.16. The predicted molar refractivity (Wildman–Crippen MR) is 69.3 cm³/mol. The molecule has 4 heteroatoms. The van der Waals surface area contributed by atoms with Crippen molar-refractivity contribution in [1.29, 1.82) is 0 Å². The van der Waals surface area contributed by atoms with Gasteiger partial charge in [0.15, 0.2) is 5.78 Å². The van der Waals surface area contributed by atoms with E-state index < -0.39 is 5.97 Å². The second kappa shape index (κ2) is 5.27. The molecule has 1 aromatic rings. The molecule has 1 aromatic carbocycles. The summed E-state index contributed by atoms with van der Waals surface area (Å²) in [7, 11) is 1.04. The van der Waals surface area contributed by atoms with E-state index in [1.165, 1.54) is 7.11 Å². The van der Waals surface area contributed by atoms with Crippen LogP contribution in [0.25, 0.3) is 0 Å². The Kier molecular flexibility index (Phi) is 3.74. The fourth-order valence-electron chi connectivity index (χ4n) is 1.84. The zero-order valence-electron chi connectivity index (χ0n) is 9.64. The van der Waals surface area contributed by atoms with Crippen LogP contribution in [-0.2, 0) is 20.1 Å². The van der Waals surface area contributed by atoms with Crippen LogP contribution in [0.5, 0.6) is 0 Å². The van der Waals surface area contributed by atoms with Crippen LogP contribution in [0.1, 0.15) is 12.0 Å². The van der Waals surface area contributed by atoms with Crippen LogP contribution in [-0.4, -0.2) is 29.5 Å². The number of carbonyl (C=O) groups excluding carboxylic acids is 2. The highest BCUT2D eigenvalue weighted by molar-refractivity contribution is 8.17. The highest BCUT2D eigenvalue weighted by atomic mass is 32.2. The SMILES string of the molecule is COC(=O)C1=S(Cc2ccccc2)CCC1=O. The van der Waals surface area contributed by atoms with Crippen molar-refractivity contribution in [1.82, 2.24) is 0 Å². The largest absolute Gasteiger partial charge is 0.465 e. The molecule has 2 rings (SSSR count). The van der Waals surface area contributed by atoms with E-state index in [0.29, 0.717) is 11.3 Å². The van der Waals surface area contributed by atoms with Gasteiger partial charge < -0.3 is 4.74 Å². The minimum absolute atomic E-state index is 0.0453. The van der Waals surface area contributed by atoms with Crippen molar-refractivity contribution in [3.05, 3.63) is 35.9 Å². The van der Waals surface area contributed by atoms with Crippen LogP contribution in [0.2, 0.25) is 0 Å². The summed E-state index contributed by atoms with van der Waals surface area (Å²) in [6.45, 7) is 0. The van der Waals surface area contributed by atoms with Gasteiger partial charge in [0, 0.05) is 12.2 Å². The van der Waals surface area contributed by atoms with E-state index in [1.54, 1.807) is 0 Å². The normalized spacial score (nSPS) is 19.5. The molecule has 1 aliphatic rings. The number of Topliss-reactive ketones (excluding diaryl/α,β-unsaturated/α-hetero) is 1. The average molecular weight is 250 g/mol. The Labute approximate surface area is 103 Å². The number of carbonyl (C=O) groups is 2. The Morgan fingerprint density at radius 1 is 1.35 bits per heavy atom. The highest BCUT2D eigenvalue weighted by Gasteiger charge is 2.28.